The van der Waals surface area contributed by atoms with Crippen molar-refractivity contribution in [3.8, 4) is 6.07 Å². The van der Waals surface area contributed by atoms with Crippen molar-refractivity contribution in [3.63, 3.8) is 0 Å². The number of pyridine rings is 1. The van der Waals surface area contributed by atoms with Crippen LogP contribution in [0.25, 0.3) is 10.9 Å². The molecule has 3 aromatic rings. The van der Waals surface area contributed by atoms with Crippen LogP contribution >= 0.6 is 11.6 Å². The predicted molar refractivity (Wildman–Crippen MR) is 85.2 cm³/mol. The van der Waals surface area contributed by atoms with Gasteiger partial charge >= 0.3 is 0 Å². The summed E-state index contributed by atoms with van der Waals surface area (Å²) in [4.78, 5) is 4.28. The molecule has 0 saturated carbocycles. The summed E-state index contributed by atoms with van der Waals surface area (Å²) in [6.45, 7) is 0. The van der Waals surface area contributed by atoms with E-state index in [9.17, 15) is 5.26 Å². The minimum absolute atomic E-state index is 0.437. The molecule has 1 aromatic heterocycles. The van der Waals surface area contributed by atoms with Crippen LogP contribution in [0.15, 0.2) is 60.8 Å². The van der Waals surface area contributed by atoms with Crippen LogP contribution in [0.3, 0.4) is 0 Å². The van der Waals surface area contributed by atoms with Crippen molar-refractivity contribution in [1.82, 2.24) is 4.98 Å². The zero-order chi connectivity index (χ0) is 14.7. The molecule has 0 spiro atoms. The Kier molecular flexibility index (Phi) is 3.72. The molecule has 102 valence electrons. The van der Waals surface area contributed by atoms with Crippen LogP contribution in [0.2, 0.25) is 5.02 Å². The minimum atomic E-state index is -0.437. The van der Waals surface area contributed by atoms with Gasteiger partial charge in [0.15, 0.2) is 0 Å². The number of hydrogen-bond donors (Lipinski definition) is 1. The Morgan fingerprint density at radius 3 is 2.81 bits per heavy atom. The fraction of sp³-hybridized carbons (Fsp3) is 0.0588. The van der Waals surface area contributed by atoms with E-state index in [1.165, 1.54) is 0 Å². The predicted octanol–water partition coefficient (Wildman–Crippen LogP) is 4.56. The number of anilines is 1. The van der Waals surface area contributed by atoms with Crippen LogP contribution in [0.1, 0.15) is 11.6 Å². The fourth-order valence-electron chi connectivity index (χ4n) is 2.21. The lowest BCUT2D eigenvalue weighted by molar-refractivity contribution is 1.00. The number of nitrogens with zero attached hydrogens (tertiary/aromatic N) is 2. The maximum Gasteiger partial charge on any atom is 0.140 e. The molecular formula is C17H12ClN3. The summed E-state index contributed by atoms with van der Waals surface area (Å²) in [5, 5.41) is 14.3. The van der Waals surface area contributed by atoms with E-state index in [0.29, 0.717) is 5.02 Å². The van der Waals surface area contributed by atoms with Gasteiger partial charge in [0.05, 0.1) is 11.6 Å². The molecule has 4 heteroatoms. The van der Waals surface area contributed by atoms with E-state index < -0.39 is 6.04 Å². The third-order valence-corrected chi connectivity index (χ3v) is 3.46. The normalized spacial score (nSPS) is 11.8. The summed E-state index contributed by atoms with van der Waals surface area (Å²) in [7, 11) is 0. The second-order valence-electron chi connectivity index (χ2n) is 4.67. The van der Waals surface area contributed by atoms with Gasteiger partial charge in [-0.2, -0.15) is 5.26 Å². The number of benzene rings is 2. The quantitative estimate of drug-likeness (QED) is 0.770. The first kappa shape index (κ1) is 13.4. The molecular weight excluding hydrogens is 282 g/mol. The summed E-state index contributed by atoms with van der Waals surface area (Å²) in [5.41, 5.74) is 2.64. The Morgan fingerprint density at radius 2 is 2.00 bits per heavy atom. The maximum absolute atomic E-state index is 9.42. The lowest BCUT2D eigenvalue weighted by atomic mass is 10.0. The molecule has 0 bridgehead atoms. The van der Waals surface area contributed by atoms with E-state index in [0.717, 1.165) is 22.2 Å². The van der Waals surface area contributed by atoms with Gasteiger partial charge in [0.25, 0.3) is 0 Å². The van der Waals surface area contributed by atoms with Gasteiger partial charge in [-0.05, 0) is 42.0 Å². The molecule has 0 aliphatic rings. The number of nitrogens with one attached hydrogen (secondary N) is 1. The number of nitriles is 1. The van der Waals surface area contributed by atoms with Crippen LogP contribution in [-0.2, 0) is 0 Å². The molecule has 0 fully saturated rings. The zero-order valence-corrected chi connectivity index (χ0v) is 11.9. The van der Waals surface area contributed by atoms with Crippen LogP contribution in [0.5, 0.6) is 0 Å². The van der Waals surface area contributed by atoms with E-state index >= 15 is 0 Å². The summed E-state index contributed by atoms with van der Waals surface area (Å²) >= 11 is 5.96. The zero-order valence-electron chi connectivity index (χ0n) is 11.1. The van der Waals surface area contributed by atoms with Crippen LogP contribution in [0, 0.1) is 11.3 Å². The van der Waals surface area contributed by atoms with Crippen molar-refractivity contribution < 1.29 is 0 Å². The number of rotatable bonds is 3. The summed E-state index contributed by atoms with van der Waals surface area (Å²) in [6.07, 6.45) is 1.76. The van der Waals surface area contributed by atoms with Crippen molar-refractivity contribution in [2.24, 2.45) is 0 Å². The van der Waals surface area contributed by atoms with Gasteiger partial charge in [-0.25, -0.2) is 0 Å². The first-order valence-electron chi connectivity index (χ1n) is 6.53. The molecule has 21 heavy (non-hydrogen) atoms. The minimum Gasteiger partial charge on any atom is -0.366 e. The van der Waals surface area contributed by atoms with Crippen molar-refractivity contribution in [2.75, 3.05) is 5.32 Å². The highest BCUT2D eigenvalue weighted by Crippen LogP contribution is 2.24. The average molecular weight is 294 g/mol. The topological polar surface area (TPSA) is 48.7 Å². The van der Waals surface area contributed by atoms with Crippen LogP contribution < -0.4 is 5.32 Å². The van der Waals surface area contributed by atoms with Gasteiger partial charge in [0.2, 0.25) is 0 Å². The van der Waals surface area contributed by atoms with Crippen molar-refractivity contribution in [3.05, 3.63) is 71.4 Å². The Bertz CT molecular complexity index is 823. The summed E-state index contributed by atoms with van der Waals surface area (Å²) < 4.78 is 0. The third kappa shape index (κ3) is 2.96. The van der Waals surface area contributed by atoms with Gasteiger partial charge in [0.1, 0.15) is 6.04 Å². The van der Waals surface area contributed by atoms with Gasteiger partial charge in [-0.3, -0.25) is 4.98 Å². The molecule has 0 saturated heterocycles. The fourth-order valence-corrected chi connectivity index (χ4v) is 2.40. The molecule has 3 rings (SSSR count). The van der Waals surface area contributed by atoms with E-state index in [1.807, 2.05) is 42.5 Å². The smallest absolute Gasteiger partial charge is 0.140 e. The highest BCUT2D eigenvalue weighted by atomic mass is 35.5. The Balaban J connectivity index is 1.93. The number of halogens is 1. The molecule has 1 atom stereocenters. The summed E-state index contributed by atoms with van der Waals surface area (Å²) in [5.74, 6) is 0. The van der Waals surface area contributed by atoms with Crippen LogP contribution in [0.4, 0.5) is 5.69 Å². The molecule has 0 amide bonds. The Morgan fingerprint density at radius 1 is 1.10 bits per heavy atom. The van der Waals surface area contributed by atoms with Crippen molar-refractivity contribution in [1.29, 1.82) is 5.26 Å². The van der Waals surface area contributed by atoms with Gasteiger partial charge in [-0.1, -0.05) is 29.8 Å². The standard InChI is InChI=1S/C17H12ClN3/c18-14-4-1-5-15(10-14)21-17(11-19)13-6-7-16-12(9-13)3-2-8-20-16/h1-10,17,21H. The molecule has 1 N–H and O–H groups in total. The molecule has 1 unspecified atom stereocenters. The summed E-state index contributed by atoms with van der Waals surface area (Å²) in [6, 6.07) is 18.9. The number of hydrogen-bond acceptors (Lipinski definition) is 3. The Labute approximate surface area is 127 Å². The lowest BCUT2D eigenvalue weighted by Crippen LogP contribution is -2.08. The molecule has 1 heterocycles. The number of fused-ring (bicyclic) bond motifs is 1. The van der Waals surface area contributed by atoms with Gasteiger partial charge in [-0.15, -0.1) is 0 Å². The van der Waals surface area contributed by atoms with Crippen molar-refractivity contribution >= 4 is 28.2 Å². The first-order valence-corrected chi connectivity index (χ1v) is 6.90. The second-order valence-corrected chi connectivity index (χ2v) is 5.11. The average Bonchev–Trinajstić information content (AvgIpc) is 2.52. The highest BCUT2D eigenvalue weighted by Gasteiger charge is 2.11. The van der Waals surface area contributed by atoms with E-state index in [-0.39, 0.29) is 0 Å². The third-order valence-electron chi connectivity index (χ3n) is 3.23. The lowest BCUT2D eigenvalue weighted by Gasteiger charge is -2.14. The molecule has 2 aromatic carbocycles. The second kappa shape index (κ2) is 5.82. The highest BCUT2D eigenvalue weighted by molar-refractivity contribution is 6.30. The SMILES string of the molecule is N#CC(Nc1cccc(Cl)c1)c1ccc2ncccc2c1. The van der Waals surface area contributed by atoms with E-state index in [2.05, 4.69) is 16.4 Å². The van der Waals surface area contributed by atoms with E-state index in [1.54, 1.807) is 18.3 Å². The largest absolute Gasteiger partial charge is 0.366 e. The first-order chi connectivity index (χ1) is 10.3. The van der Waals surface area contributed by atoms with Crippen LogP contribution in [-0.4, -0.2) is 4.98 Å². The maximum atomic E-state index is 9.42. The molecule has 3 nitrogen and oxygen atoms in total. The Hall–Kier alpha value is -2.57. The number of aromatic nitrogens is 1. The van der Waals surface area contributed by atoms with E-state index in [4.69, 9.17) is 11.6 Å². The molecule has 0 aliphatic carbocycles. The monoisotopic (exact) mass is 293 g/mol. The van der Waals surface area contributed by atoms with Gasteiger partial charge < -0.3 is 5.32 Å². The van der Waals surface area contributed by atoms with Crippen molar-refractivity contribution in [2.45, 2.75) is 6.04 Å². The molecule has 0 aliphatic heterocycles. The molecule has 0 radical (unpaired) electrons. The van der Waals surface area contributed by atoms with Gasteiger partial charge in [0, 0.05) is 22.3 Å².